The van der Waals surface area contributed by atoms with Crippen molar-refractivity contribution in [3.05, 3.63) is 59.7 Å². The fourth-order valence-corrected chi connectivity index (χ4v) is 6.12. The number of carbonyl (C=O) groups is 2. The molecule has 2 aromatic carbocycles. The number of carbonyl (C=O) groups excluding carboxylic acids is 2. The third kappa shape index (κ3) is 2.81. The summed E-state index contributed by atoms with van der Waals surface area (Å²) in [6.07, 6.45) is 0.801. The van der Waals surface area contributed by atoms with Crippen LogP contribution in [0, 0.1) is 5.41 Å². The normalized spacial score (nSPS) is 22.4. The van der Waals surface area contributed by atoms with E-state index in [0.29, 0.717) is 5.56 Å². The van der Waals surface area contributed by atoms with Crippen LogP contribution >= 0.6 is 0 Å². The monoisotopic (exact) mass is 398 g/mol. The second-order valence-electron chi connectivity index (χ2n) is 8.11. The number of anilines is 2. The molecule has 0 aromatic heterocycles. The van der Waals surface area contributed by atoms with Gasteiger partial charge >= 0.3 is 0 Å². The Balaban J connectivity index is 1.64. The number of hydrogen-bond acceptors (Lipinski definition) is 4. The van der Waals surface area contributed by atoms with Gasteiger partial charge in [-0.25, -0.2) is 12.7 Å². The van der Waals surface area contributed by atoms with Gasteiger partial charge in [-0.15, -0.1) is 0 Å². The van der Waals surface area contributed by atoms with Crippen molar-refractivity contribution in [1.82, 2.24) is 0 Å². The molecule has 0 unspecified atom stereocenters. The molecule has 2 heterocycles. The lowest BCUT2D eigenvalue weighted by Gasteiger charge is -2.23. The number of nitrogens with zero attached hydrogens (tertiary/aromatic N) is 2. The Morgan fingerprint density at radius 3 is 2.32 bits per heavy atom. The van der Waals surface area contributed by atoms with Crippen molar-refractivity contribution in [1.29, 1.82) is 0 Å². The first-order valence-electron chi connectivity index (χ1n) is 9.21. The average molecular weight is 398 g/mol. The number of fused-ring (bicyclic) bond motifs is 1. The second-order valence-corrected chi connectivity index (χ2v) is 9.93. The summed E-state index contributed by atoms with van der Waals surface area (Å²) in [5.41, 5.74) is 1.80. The van der Waals surface area contributed by atoms with E-state index in [-0.39, 0.29) is 23.4 Å². The number of para-hydroxylation sites is 1. The van der Waals surface area contributed by atoms with Crippen LogP contribution in [0.2, 0.25) is 0 Å². The van der Waals surface area contributed by atoms with Crippen molar-refractivity contribution < 1.29 is 18.0 Å². The van der Waals surface area contributed by atoms with Crippen LogP contribution in [-0.4, -0.2) is 32.0 Å². The number of rotatable bonds is 2. The molecular weight excluding hydrogens is 376 g/mol. The van der Waals surface area contributed by atoms with Gasteiger partial charge in [0, 0.05) is 17.3 Å². The molecular formula is C21H22N2O4S. The van der Waals surface area contributed by atoms with Crippen molar-refractivity contribution in [3.63, 3.8) is 0 Å². The Morgan fingerprint density at radius 2 is 1.71 bits per heavy atom. The summed E-state index contributed by atoms with van der Waals surface area (Å²) >= 11 is 0. The predicted octanol–water partition coefficient (Wildman–Crippen LogP) is 2.98. The Labute approximate surface area is 164 Å². The molecule has 0 saturated carbocycles. The van der Waals surface area contributed by atoms with Crippen LogP contribution < -0.4 is 9.21 Å². The number of sulfonamides is 1. The smallest absolute Gasteiger partial charge is 0.258 e. The highest BCUT2D eigenvalue weighted by Crippen LogP contribution is 2.36. The van der Waals surface area contributed by atoms with Crippen LogP contribution in [0.4, 0.5) is 11.4 Å². The minimum Gasteiger partial charge on any atom is -0.305 e. The van der Waals surface area contributed by atoms with Gasteiger partial charge in [0.25, 0.3) is 5.91 Å². The Hall–Kier alpha value is -2.67. The largest absolute Gasteiger partial charge is 0.305 e. The summed E-state index contributed by atoms with van der Waals surface area (Å²) in [5.74, 6) is -0.810. The first-order chi connectivity index (χ1) is 13.1. The summed E-state index contributed by atoms with van der Waals surface area (Å²) in [5, 5.41) is 0. The molecule has 28 heavy (non-hydrogen) atoms. The first kappa shape index (κ1) is 18.7. The van der Waals surface area contributed by atoms with Crippen LogP contribution in [-0.2, 0) is 21.2 Å². The molecule has 0 aliphatic carbocycles. The highest BCUT2D eigenvalue weighted by atomic mass is 32.2. The SMILES string of the molecule is C[C@H]1Cc2ccccc2N1C(=O)c1ccc(N2C(=O)C(C)(C)CS2(=O)=O)cc1. The minimum absolute atomic E-state index is 0.0471. The van der Waals surface area contributed by atoms with Crippen LogP contribution in [0.15, 0.2) is 48.5 Å². The summed E-state index contributed by atoms with van der Waals surface area (Å²) in [6.45, 7) is 5.25. The number of hydrogen-bond donors (Lipinski definition) is 0. The molecule has 7 heteroatoms. The van der Waals surface area contributed by atoms with Gasteiger partial charge in [-0.1, -0.05) is 18.2 Å². The Morgan fingerprint density at radius 1 is 1.07 bits per heavy atom. The first-order valence-corrected chi connectivity index (χ1v) is 10.8. The van der Waals surface area contributed by atoms with Gasteiger partial charge in [-0.3, -0.25) is 9.59 Å². The second kappa shape index (κ2) is 6.17. The Bertz CT molecular complexity index is 1070. The molecule has 4 rings (SSSR count). The molecule has 1 fully saturated rings. The highest BCUT2D eigenvalue weighted by Gasteiger charge is 2.49. The summed E-state index contributed by atoms with van der Waals surface area (Å²) in [6, 6.07) is 14.1. The molecule has 0 N–H and O–H groups in total. The quantitative estimate of drug-likeness (QED) is 0.779. The molecule has 2 amide bonds. The summed E-state index contributed by atoms with van der Waals surface area (Å²) < 4.78 is 25.7. The van der Waals surface area contributed by atoms with Crippen molar-refractivity contribution in [3.8, 4) is 0 Å². The van der Waals surface area contributed by atoms with E-state index < -0.39 is 21.3 Å². The van der Waals surface area contributed by atoms with Gasteiger partial charge in [0.05, 0.1) is 16.9 Å². The van der Waals surface area contributed by atoms with Gasteiger partial charge in [0.2, 0.25) is 15.9 Å². The lowest BCUT2D eigenvalue weighted by molar-refractivity contribution is -0.123. The third-order valence-electron chi connectivity index (χ3n) is 5.36. The van der Waals surface area contributed by atoms with E-state index in [2.05, 4.69) is 0 Å². The molecule has 146 valence electrons. The minimum atomic E-state index is -3.71. The third-order valence-corrected chi connectivity index (χ3v) is 7.38. The molecule has 2 aliphatic rings. The maximum Gasteiger partial charge on any atom is 0.258 e. The van der Waals surface area contributed by atoms with Gasteiger partial charge < -0.3 is 4.90 Å². The van der Waals surface area contributed by atoms with Gasteiger partial charge in [-0.05, 0) is 63.1 Å². The number of benzene rings is 2. The zero-order valence-corrected chi connectivity index (χ0v) is 16.9. The van der Waals surface area contributed by atoms with E-state index >= 15 is 0 Å². The van der Waals surface area contributed by atoms with E-state index in [4.69, 9.17) is 0 Å². The molecule has 0 bridgehead atoms. The summed E-state index contributed by atoms with van der Waals surface area (Å²) in [4.78, 5) is 27.4. The molecule has 0 spiro atoms. The summed E-state index contributed by atoms with van der Waals surface area (Å²) in [7, 11) is -3.71. The molecule has 1 atom stereocenters. The van der Waals surface area contributed by atoms with Crippen LogP contribution in [0.5, 0.6) is 0 Å². The van der Waals surface area contributed by atoms with Gasteiger partial charge in [0.15, 0.2) is 0 Å². The van der Waals surface area contributed by atoms with Crippen molar-refractivity contribution in [2.24, 2.45) is 5.41 Å². The van der Waals surface area contributed by atoms with Crippen LogP contribution in [0.3, 0.4) is 0 Å². The van der Waals surface area contributed by atoms with E-state index in [9.17, 15) is 18.0 Å². The van der Waals surface area contributed by atoms with Gasteiger partial charge in [0.1, 0.15) is 0 Å². The van der Waals surface area contributed by atoms with Crippen molar-refractivity contribution in [2.75, 3.05) is 15.0 Å². The Kier molecular flexibility index (Phi) is 4.12. The molecule has 1 saturated heterocycles. The molecule has 2 aliphatic heterocycles. The fraction of sp³-hybridized carbons (Fsp3) is 0.333. The molecule has 0 radical (unpaired) electrons. The van der Waals surface area contributed by atoms with Gasteiger partial charge in [-0.2, -0.15) is 0 Å². The zero-order chi connectivity index (χ0) is 20.3. The molecule has 6 nitrogen and oxygen atoms in total. The van der Waals surface area contributed by atoms with Crippen LogP contribution in [0.1, 0.15) is 36.7 Å². The standard InChI is InChI=1S/C21H22N2O4S/c1-14-12-16-6-4-5-7-18(16)22(14)19(24)15-8-10-17(11-9-15)23-20(25)21(2,3)13-28(23,26)27/h4-11,14H,12-13H2,1-3H3/t14-/m0/s1. The predicted molar refractivity (Wildman–Crippen MR) is 108 cm³/mol. The highest BCUT2D eigenvalue weighted by molar-refractivity contribution is 7.94. The van der Waals surface area contributed by atoms with Crippen LogP contribution in [0.25, 0.3) is 0 Å². The lowest BCUT2D eigenvalue weighted by atomic mass is 9.95. The number of amides is 2. The fourth-order valence-electron chi connectivity index (χ4n) is 4.01. The maximum atomic E-state index is 13.1. The van der Waals surface area contributed by atoms with E-state index in [1.54, 1.807) is 30.9 Å². The topological polar surface area (TPSA) is 74.8 Å². The van der Waals surface area contributed by atoms with E-state index in [0.717, 1.165) is 22.0 Å². The zero-order valence-electron chi connectivity index (χ0n) is 16.0. The van der Waals surface area contributed by atoms with Crippen molar-refractivity contribution >= 4 is 33.2 Å². The van der Waals surface area contributed by atoms with E-state index in [1.807, 2.05) is 31.2 Å². The lowest BCUT2D eigenvalue weighted by Crippen LogP contribution is -2.36. The average Bonchev–Trinajstić information content (AvgIpc) is 3.04. The maximum absolute atomic E-state index is 13.1. The molecule has 2 aromatic rings. The van der Waals surface area contributed by atoms with Crippen molar-refractivity contribution in [2.45, 2.75) is 33.2 Å². The van der Waals surface area contributed by atoms with E-state index in [1.165, 1.54) is 12.1 Å².